The van der Waals surface area contributed by atoms with Gasteiger partial charge < -0.3 is 14.5 Å². The second kappa shape index (κ2) is 7.69. The lowest BCUT2D eigenvalue weighted by Gasteiger charge is -2.55. The quantitative estimate of drug-likeness (QED) is 0.372. The number of aromatic nitrogens is 2. The van der Waals surface area contributed by atoms with Gasteiger partial charge in [0.25, 0.3) is 5.56 Å². The molecule has 4 aliphatic rings. The van der Waals surface area contributed by atoms with Crippen molar-refractivity contribution in [2.24, 2.45) is 23.2 Å². The summed E-state index contributed by atoms with van der Waals surface area (Å²) in [6.45, 7) is 0. The number of hydrogen-bond acceptors (Lipinski definition) is 5. The van der Waals surface area contributed by atoms with E-state index in [0.29, 0.717) is 56.0 Å². The van der Waals surface area contributed by atoms with Crippen molar-refractivity contribution in [1.82, 2.24) is 9.97 Å². The number of aromatic amines is 1. The largest absolute Gasteiger partial charge is 0.493 e. The Bertz CT molecular complexity index is 1300. The molecule has 0 amide bonds. The van der Waals surface area contributed by atoms with Crippen LogP contribution < -0.4 is 15.0 Å². The van der Waals surface area contributed by atoms with E-state index in [1.54, 1.807) is 25.3 Å². The number of carbonyl (C=O) groups is 1. The molecule has 0 radical (unpaired) electrons. The van der Waals surface area contributed by atoms with Crippen LogP contribution in [0.3, 0.4) is 0 Å². The van der Waals surface area contributed by atoms with E-state index in [4.69, 9.17) is 9.47 Å². The highest BCUT2D eigenvalue weighted by atomic mass is 79.9. The summed E-state index contributed by atoms with van der Waals surface area (Å²) >= 11 is 3.57. The standard InChI is InChI=1S/C26H25BrN2O4/c1-32-21-10-17(23-28-20-5-3-2-4-18(20)24(30)29-23)9-19(27)22(21)33-25(31)26-11-14-6-15(12-26)8-16(7-14)13-26/h2-5,9-10,14-16H,6-8,11-13H2,1H3,(H,28,29,30). The van der Waals surface area contributed by atoms with Gasteiger partial charge in [-0.3, -0.25) is 9.59 Å². The van der Waals surface area contributed by atoms with Crippen molar-refractivity contribution in [3.8, 4) is 22.9 Å². The number of nitrogens with one attached hydrogen (secondary N) is 1. The molecule has 4 saturated carbocycles. The highest BCUT2D eigenvalue weighted by Gasteiger charge is 2.55. The number of halogens is 1. The third-order valence-electron chi connectivity index (χ3n) is 7.78. The fourth-order valence-corrected chi connectivity index (χ4v) is 7.26. The zero-order valence-corrected chi connectivity index (χ0v) is 20.0. The Morgan fingerprint density at radius 1 is 1.09 bits per heavy atom. The number of esters is 1. The Kier molecular flexibility index (Phi) is 4.87. The van der Waals surface area contributed by atoms with Crippen LogP contribution in [0.15, 0.2) is 45.7 Å². The third-order valence-corrected chi connectivity index (χ3v) is 8.37. The van der Waals surface area contributed by atoms with Gasteiger partial charge >= 0.3 is 5.97 Å². The van der Waals surface area contributed by atoms with Gasteiger partial charge in [0, 0.05) is 5.56 Å². The van der Waals surface area contributed by atoms with Crippen LogP contribution in [0, 0.1) is 23.2 Å². The summed E-state index contributed by atoms with van der Waals surface area (Å²) in [4.78, 5) is 33.4. The summed E-state index contributed by atoms with van der Waals surface area (Å²) < 4.78 is 12.2. The molecule has 0 atom stereocenters. The predicted octanol–water partition coefficient (Wildman–Crippen LogP) is 5.48. The minimum absolute atomic E-state index is 0.134. The summed E-state index contributed by atoms with van der Waals surface area (Å²) in [5, 5.41) is 0.536. The van der Waals surface area contributed by atoms with Crippen LogP contribution in [0.5, 0.6) is 11.5 Å². The molecular weight excluding hydrogens is 484 g/mol. The average Bonchev–Trinajstić information content (AvgIpc) is 2.79. The Labute approximate surface area is 199 Å². The molecular formula is C26H25BrN2O4. The van der Waals surface area contributed by atoms with Crippen molar-refractivity contribution in [2.45, 2.75) is 38.5 Å². The molecule has 3 aromatic rings. The SMILES string of the molecule is COc1cc(-c2nc3ccccc3c(=O)[nH]2)cc(Br)c1OC(=O)C12CC3CC(CC(C3)C1)C2. The number of para-hydroxylation sites is 1. The highest BCUT2D eigenvalue weighted by Crippen LogP contribution is 2.60. The van der Waals surface area contributed by atoms with Crippen LogP contribution in [0.25, 0.3) is 22.3 Å². The molecule has 170 valence electrons. The van der Waals surface area contributed by atoms with E-state index in [9.17, 15) is 9.59 Å². The first-order valence-corrected chi connectivity index (χ1v) is 12.3. The second-order valence-electron chi connectivity index (χ2n) is 10.0. The lowest BCUT2D eigenvalue weighted by atomic mass is 9.49. The zero-order valence-electron chi connectivity index (χ0n) is 18.4. The van der Waals surface area contributed by atoms with Crippen LogP contribution in [0.2, 0.25) is 0 Å². The Hall–Kier alpha value is -2.67. The number of fused-ring (bicyclic) bond motifs is 1. The van der Waals surface area contributed by atoms with Gasteiger partial charge in [-0.25, -0.2) is 4.98 Å². The Morgan fingerprint density at radius 3 is 2.42 bits per heavy atom. The topological polar surface area (TPSA) is 81.3 Å². The Balaban J connectivity index is 1.34. The molecule has 1 N–H and O–H groups in total. The lowest BCUT2D eigenvalue weighted by Crippen LogP contribution is -2.51. The van der Waals surface area contributed by atoms with Crippen LogP contribution in [-0.4, -0.2) is 23.0 Å². The Morgan fingerprint density at radius 2 is 1.76 bits per heavy atom. The van der Waals surface area contributed by atoms with Crippen molar-refractivity contribution < 1.29 is 14.3 Å². The summed E-state index contributed by atoms with van der Waals surface area (Å²) in [6.07, 6.45) is 6.63. The summed E-state index contributed by atoms with van der Waals surface area (Å²) in [7, 11) is 1.55. The molecule has 1 aromatic heterocycles. The molecule has 7 heteroatoms. The van der Waals surface area contributed by atoms with Gasteiger partial charge in [0.05, 0.1) is 27.9 Å². The number of carbonyl (C=O) groups excluding carboxylic acids is 1. The van der Waals surface area contributed by atoms with Crippen molar-refractivity contribution in [2.75, 3.05) is 7.11 Å². The first-order chi connectivity index (χ1) is 15.9. The van der Waals surface area contributed by atoms with Crippen molar-refractivity contribution >= 4 is 32.8 Å². The highest BCUT2D eigenvalue weighted by molar-refractivity contribution is 9.10. The van der Waals surface area contributed by atoms with Crippen LogP contribution in [-0.2, 0) is 4.79 Å². The molecule has 4 fully saturated rings. The molecule has 0 saturated heterocycles. The van der Waals surface area contributed by atoms with Gasteiger partial charge in [-0.2, -0.15) is 0 Å². The fraction of sp³-hybridized carbons (Fsp3) is 0.423. The molecule has 0 spiro atoms. The molecule has 0 aliphatic heterocycles. The number of H-pyrrole nitrogens is 1. The molecule has 0 unspecified atom stereocenters. The number of nitrogens with zero attached hydrogens (tertiary/aromatic N) is 1. The number of ether oxygens (including phenoxy) is 2. The van der Waals surface area contributed by atoms with E-state index in [1.165, 1.54) is 19.3 Å². The predicted molar refractivity (Wildman–Crippen MR) is 128 cm³/mol. The normalized spacial score (nSPS) is 27.6. The van der Waals surface area contributed by atoms with E-state index in [2.05, 4.69) is 25.9 Å². The maximum absolute atomic E-state index is 13.5. The van der Waals surface area contributed by atoms with Crippen LogP contribution in [0.4, 0.5) is 0 Å². The van der Waals surface area contributed by atoms with Crippen LogP contribution >= 0.6 is 15.9 Å². The van der Waals surface area contributed by atoms with Gasteiger partial charge in [-0.15, -0.1) is 0 Å². The molecule has 7 rings (SSSR count). The molecule has 6 nitrogen and oxygen atoms in total. The zero-order chi connectivity index (χ0) is 22.7. The summed E-state index contributed by atoms with van der Waals surface area (Å²) in [5.41, 5.74) is 0.714. The van der Waals surface area contributed by atoms with E-state index in [1.807, 2.05) is 18.2 Å². The van der Waals surface area contributed by atoms with Gasteiger partial charge in [0.15, 0.2) is 11.5 Å². The third kappa shape index (κ3) is 3.48. The van der Waals surface area contributed by atoms with E-state index in [-0.39, 0.29) is 16.9 Å². The van der Waals surface area contributed by atoms with Crippen molar-refractivity contribution in [3.63, 3.8) is 0 Å². The molecule has 2 aromatic carbocycles. The van der Waals surface area contributed by atoms with Gasteiger partial charge in [0.2, 0.25) is 0 Å². The molecule has 1 heterocycles. The monoisotopic (exact) mass is 508 g/mol. The van der Waals surface area contributed by atoms with E-state index < -0.39 is 0 Å². The minimum atomic E-state index is -0.358. The maximum atomic E-state index is 13.5. The van der Waals surface area contributed by atoms with Gasteiger partial charge in [-0.1, -0.05) is 12.1 Å². The van der Waals surface area contributed by atoms with E-state index in [0.717, 1.165) is 19.3 Å². The average molecular weight is 509 g/mol. The number of rotatable bonds is 4. The number of benzene rings is 2. The van der Waals surface area contributed by atoms with Crippen molar-refractivity contribution in [3.05, 3.63) is 51.2 Å². The first-order valence-electron chi connectivity index (χ1n) is 11.5. The summed E-state index contributed by atoms with van der Waals surface area (Å²) in [5.74, 6) is 3.08. The van der Waals surface area contributed by atoms with Crippen LogP contribution in [0.1, 0.15) is 38.5 Å². The van der Waals surface area contributed by atoms with E-state index >= 15 is 0 Å². The molecule has 4 bridgehead atoms. The van der Waals surface area contributed by atoms with Gasteiger partial charge in [-0.05, 0) is 96.5 Å². The maximum Gasteiger partial charge on any atom is 0.317 e. The van der Waals surface area contributed by atoms with Gasteiger partial charge in [0.1, 0.15) is 5.82 Å². The lowest BCUT2D eigenvalue weighted by molar-refractivity contribution is -0.161. The summed E-state index contributed by atoms with van der Waals surface area (Å²) in [6, 6.07) is 10.8. The molecule has 33 heavy (non-hydrogen) atoms. The fourth-order valence-electron chi connectivity index (χ4n) is 6.74. The smallest absolute Gasteiger partial charge is 0.317 e. The first kappa shape index (κ1) is 20.9. The molecule has 4 aliphatic carbocycles. The second-order valence-corrected chi connectivity index (χ2v) is 10.9. The minimum Gasteiger partial charge on any atom is -0.493 e. The van der Waals surface area contributed by atoms with Crippen molar-refractivity contribution in [1.29, 1.82) is 0 Å². The number of hydrogen-bond donors (Lipinski definition) is 1. The number of methoxy groups -OCH3 is 1.